The van der Waals surface area contributed by atoms with Crippen molar-refractivity contribution in [2.75, 3.05) is 0 Å². The highest BCUT2D eigenvalue weighted by Crippen LogP contribution is 2.19. The van der Waals surface area contributed by atoms with Crippen molar-refractivity contribution >= 4 is 16.9 Å². The highest BCUT2D eigenvalue weighted by Gasteiger charge is 2.12. The Hall–Kier alpha value is -1.91. The molecular formula is C10H12N4O. The van der Waals surface area contributed by atoms with Crippen LogP contribution in [0.25, 0.3) is 11.0 Å². The van der Waals surface area contributed by atoms with Crippen LogP contribution < -0.4 is 5.73 Å². The molecule has 2 rings (SSSR count). The lowest BCUT2D eigenvalue weighted by molar-refractivity contribution is 0.0997. The fourth-order valence-corrected chi connectivity index (χ4v) is 1.42. The zero-order chi connectivity index (χ0) is 11.0. The van der Waals surface area contributed by atoms with Crippen molar-refractivity contribution in [1.82, 2.24) is 15.2 Å². The molecule has 0 fully saturated rings. The average Bonchev–Trinajstić information content (AvgIpc) is 2.59. The molecule has 2 heterocycles. The van der Waals surface area contributed by atoms with Gasteiger partial charge in [0.1, 0.15) is 0 Å². The Morgan fingerprint density at radius 1 is 1.53 bits per heavy atom. The third-order valence-electron chi connectivity index (χ3n) is 2.34. The molecule has 5 heteroatoms. The Morgan fingerprint density at radius 3 is 2.87 bits per heavy atom. The number of nitrogens with two attached hydrogens (primary N) is 1. The second-order valence-electron chi connectivity index (χ2n) is 3.76. The van der Waals surface area contributed by atoms with E-state index in [2.05, 4.69) is 29.0 Å². The molecule has 0 bridgehead atoms. The topological polar surface area (TPSA) is 84.7 Å². The molecule has 78 valence electrons. The zero-order valence-corrected chi connectivity index (χ0v) is 8.61. The van der Waals surface area contributed by atoms with Crippen molar-refractivity contribution in [2.24, 2.45) is 5.73 Å². The Morgan fingerprint density at radius 2 is 2.27 bits per heavy atom. The summed E-state index contributed by atoms with van der Waals surface area (Å²) in [5.41, 5.74) is 7.10. The quantitative estimate of drug-likeness (QED) is 0.770. The van der Waals surface area contributed by atoms with E-state index < -0.39 is 5.91 Å². The lowest BCUT2D eigenvalue weighted by Gasteiger charge is -2.03. The summed E-state index contributed by atoms with van der Waals surface area (Å²) < 4.78 is 0. The lowest BCUT2D eigenvalue weighted by atomic mass is 10.0. The summed E-state index contributed by atoms with van der Waals surface area (Å²) in [7, 11) is 0. The minimum Gasteiger partial charge on any atom is -0.364 e. The zero-order valence-electron chi connectivity index (χ0n) is 8.61. The van der Waals surface area contributed by atoms with Gasteiger partial charge in [0.2, 0.25) is 0 Å². The van der Waals surface area contributed by atoms with Gasteiger partial charge in [0.15, 0.2) is 11.3 Å². The molecule has 5 nitrogen and oxygen atoms in total. The fourth-order valence-electron chi connectivity index (χ4n) is 1.42. The molecule has 0 saturated heterocycles. The Balaban J connectivity index is 2.66. The van der Waals surface area contributed by atoms with E-state index in [1.54, 1.807) is 6.20 Å². The first-order chi connectivity index (χ1) is 7.09. The van der Waals surface area contributed by atoms with Crippen molar-refractivity contribution in [3.05, 3.63) is 23.5 Å². The van der Waals surface area contributed by atoms with Gasteiger partial charge in [-0.25, -0.2) is 4.98 Å². The van der Waals surface area contributed by atoms with Gasteiger partial charge >= 0.3 is 0 Å². The first-order valence-electron chi connectivity index (χ1n) is 4.73. The molecule has 3 N–H and O–H groups in total. The van der Waals surface area contributed by atoms with Gasteiger partial charge in [0.25, 0.3) is 5.91 Å². The van der Waals surface area contributed by atoms with Crippen LogP contribution >= 0.6 is 0 Å². The largest absolute Gasteiger partial charge is 0.364 e. The van der Waals surface area contributed by atoms with Crippen molar-refractivity contribution in [2.45, 2.75) is 19.8 Å². The number of hydrogen-bond acceptors (Lipinski definition) is 3. The highest BCUT2D eigenvalue weighted by atomic mass is 16.1. The van der Waals surface area contributed by atoms with Gasteiger partial charge in [-0.15, -0.1) is 0 Å². The fraction of sp³-hybridized carbons (Fsp3) is 0.300. The standard InChI is InChI=1S/C10H12N4O/c1-5(2)6-3-7-8(9(11)15)13-14-10(7)12-4-6/h3-5H,1-2H3,(H2,11,15)(H,12,13,14). The van der Waals surface area contributed by atoms with Gasteiger partial charge < -0.3 is 5.73 Å². The highest BCUT2D eigenvalue weighted by molar-refractivity contribution is 6.03. The summed E-state index contributed by atoms with van der Waals surface area (Å²) in [6.07, 6.45) is 1.77. The Labute approximate surface area is 86.7 Å². The Kier molecular flexibility index (Phi) is 2.15. The van der Waals surface area contributed by atoms with Crippen LogP contribution in [0.5, 0.6) is 0 Å². The predicted molar refractivity (Wildman–Crippen MR) is 56.5 cm³/mol. The molecule has 0 aromatic carbocycles. The number of nitrogens with one attached hydrogen (secondary N) is 1. The number of fused-ring (bicyclic) bond motifs is 1. The van der Waals surface area contributed by atoms with Crippen LogP contribution in [0.15, 0.2) is 12.3 Å². The normalized spacial score (nSPS) is 11.1. The summed E-state index contributed by atoms with van der Waals surface area (Å²) in [6.45, 7) is 4.12. The molecule has 0 atom stereocenters. The summed E-state index contributed by atoms with van der Waals surface area (Å²) in [4.78, 5) is 15.2. The number of carbonyl (C=O) groups is 1. The summed E-state index contributed by atoms with van der Waals surface area (Å²) in [6, 6.07) is 1.90. The van der Waals surface area contributed by atoms with Crippen LogP contribution in [0.1, 0.15) is 35.8 Å². The second-order valence-corrected chi connectivity index (χ2v) is 3.76. The van der Waals surface area contributed by atoms with Gasteiger partial charge in [-0.1, -0.05) is 13.8 Å². The smallest absolute Gasteiger partial charge is 0.269 e. The summed E-state index contributed by atoms with van der Waals surface area (Å²) in [5, 5.41) is 7.20. The lowest BCUT2D eigenvalue weighted by Crippen LogP contribution is -2.11. The summed E-state index contributed by atoms with van der Waals surface area (Å²) >= 11 is 0. The number of nitrogens with zero attached hydrogens (tertiary/aromatic N) is 2. The van der Waals surface area contributed by atoms with E-state index in [1.807, 2.05) is 6.07 Å². The molecule has 0 aliphatic carbocycles. The van der Waals surface area contributed by atoms with E-state index >= 15 is 0 Å². The van der Waals surface area contributed by atoms with Crippen molar-refractivity contribution in [3.8, 4) is 0 Å². The number of carbonyl (C=O) groups excluding carboxylic acids is 1. The van der Waals surface area contributed by atoms with Crippen molar-refractivity contribution in [1.29, 1.82) is 0 Å². The van der Waals surface area contributed by atoms with E-state index in [-0.39, 0.29) is 5.69 Å². The first kappa shape index (κ1) is 9.64. The molecule has 1 amide bonds. The average molecular weight is 204 g/mol. The molecule has 0 spiro atoms. The van der Waals surface area contributed by atoms with E-state index in [4.69, 9.17) is 5.73 Å². The van der Waals surface area contributed by atoms with Gasteiger partial charge in [-0.05, 0) is 17.5 Å². The Bertz CT molecular complexity index is 515. The minimum absolute atomic E-state index is 0.250. The number of rotatable bonds is 2. The number of H-pyrrole nitrogens is 1. The maximum absolute atomic E-state index is 11.1. The molecule has 0 aliphatic heterocycles. The number of pyridine rings is 1. The molecule has 2 aromatic rings. The van der Waals surface area contributed by atoms with E-state index in [0.29, 0.717) is 17.0 Å². The van der Waals surface area contributed by atoms with Crippen molar-refractivity contribution < 1.29 is 4.79 Å². The number of aromatic amines is 1. The van der Waals surface area contributed by atoms with Crippen LogP contribution in [-0.4, -0.2) is 21.1 Å². The maximum atomic E-state index is 11.1. The first-order valence-corrected chi connectivity index (χ1v) is 4.73. The van der Waals surface area contributed by atoms with Gasteiger partial charge in [0.05, 0.1) is 5.39 Å². The van der Waals surface area contributed by atoms with Crippen molar-refractivity contribution in [3.63, 3.8) is 0 Å². The molecule has 15 heavy (non-hydrogen) atoms. The third kappa shape index (κ3) is 1.56. The third-order valence-corrected chi connectivity index (χ3v) is 2.34. The number of amides is 1. The van der Waals surface area contributed by atoms with Crippen LogP contribution in [0.4, 0.5) is 0 Å². The predicted octanol–water partition coefficient (Wildman–Crippen LogP) is 1.18. The molecular weight excluding hydrogens is 192 g/mol. The minimum atomic E-state index is -0.538. The van der Waals surface area contributed by atoms with Crippen LogP contribution in [0.2, 0.25) is 0 Å². The SMILES string of the molecule is CC(C)c1cnc2[nH]nc(C(N)=O)c2c1. The molecule has 0 saturated carbocycles. The summed E-state index contributed by atoms with van der Waals surface area (Å²) in [5.74, 6) is -0.179. The molecule has 2 aromatic heterocycles. The monoisotopic (exact) mass is 204 g/mol. The molecule has 0 aliphatic rings. The van der Waals surface area contributed by atoms with Gasteiger partial charge in [0, 0.05) is 6.20 Å². The van der Waals surface area contributed by atoms with E-state index in [9.17, 15) is 4.79 Å². The molecule has 0 radical (unpaired) electrons. The van der Waals surface area contributed by atoms with E-state index in [1.165, 1.54) is 0 Å². The van der Waals surface area contributed by atoms with E-state index in [0.717, 1.165) is 5.56 Å². The number of primary amides is 1. The van der Waals surface area contributed by atoms with Gasteiger partial charge in [-0.3, -0.25) is 9.89 Å². The second kappa shape index (κ2) is 3.34. The molecule has 0 unspecified atom stereocenters. The maximum Gasteiger partial charge on any atom is 0.269 e. The number of hydrogen-bond donors (Lipinski definition) is 2. The number of aromatic nitrogens is 3. The van der Waals surface area contributed by atoms with Gasteiger partial charge in [-0.2, -0.15) is 5.10 Å². The van der Waals surface area contributed by atoms with Crippen LogP contribution in [-0.2, 0) is 0 Å². The van der Waals surface area contributed by atoms with Crippen LogP contribution in [0.3, 0.4) is 0 Å². The van der Waals surface area contributed by atoms with Crippen LogP contribution in [0, 0.1) is 0 Å².